The van der Waals surface area contributed by atoms with E-state index in [1.54, 1.807) is 7.11 Å². The van der Waals surface area contributed by atoms with Crippen LogP contribution in [0.2, 0.25) is 0 Å². The largest absolute Gasteiger partial charge is 0.497 e. The minimum Gasteiger partial charge on any atom is -0.497 e. The van der Waals surface area contributed by atoms with Crippen molar-refractivity contribution >= 4 is 18.1 Å². The van der Waals surface area contributed by atoms with Crippen molar-refractivity contribution in [2.45, 2.75) is 45.6 Å². The summed E-state index contributed by atoms with van der Waals surface area (Å²) < 4.78 is 7.70. The number of rotatable bonds is 7. The van der Waals surface area contributed by atoms with Gasteiger partial charge in [-0.25, -0.2) is 0 Å². The van der Waals surface area contributed by atoms with E-state index in [9.17, 15) is 4.79 Å². The predicted octanol–water partition coefficient (Wildman–Crippen LogP) is 3.98. The number of aromatic nitrogens is 3. The Morgan fingerprint density at radius 2 is 1.94 bits per heavy atom. The van der Waals surface area contributed by atoms with Crippen LogP contribution >= 0.6 is 12.2 Å². The van der Waals surface area contributed by atoms with E-state index >= 15 is 0 Å². The maximum absolute atomic E-state index is 13.0. The lowest BCUT2D eigenvalue weighted by Gasteiger charge is -2.38. The van der Waals surface area contributed by atoms with Gasteiger partial charge in [-0.05, 0) is 87.1 Å². The number of carbonyl (C=O) groups is 1. The first-order chi connectivity index (χ1) is 15.5. The van der Waals surface area contributed by atoms with E-state index in [2.05, 4.69) is 26.9 Å². The Bertz CT molecular complexity index is 946. The molecule has 0 spiro atoms. The van der Waals surface area contributed by atoms with Gasteiger partial charge in [0.1, 0.15) is 5.75 Å². The second-order valence-corrected chi connectivity index (χ2v) is 9.70. The lowest BCUT2D eigenvalue weighted by atomic mass is 9.94. The Labute approximate surface area is 195 Å². The third-order valence-corrected chi connectivity index (χ3v) is 7.23. The van der Waals surface area contributed by atoms with Gasteiger partial charge in [0.25, 0.3) is 0 Å². The van der Waals surface area contributed by atoms with Gasteiger partial charge in [0, 0.05) is 38.2 Å². The van der Waals surface area contributed by atoms with E-state index < -0.39 is 0 Å². The first-order valence-corrected chi connectivity index (χ1v) is 12.2. The molecule has 2 aromatic rings. The minimum atomic E-state index is 0.214. The molecule has 0 aliphatic carbocycles. The molecule has 4 rings (SSSR count). The van der Waals surface area contributed by atoms with E-state index in [1.807, 2.05) is 28.8 Å². The van der Waals surface area contributed by atoms with Gasteiger partial charge >= 0.3 is 0 Å². The smallest absolute Gasteiger partial charge is 0.224 e. The summed E-state index contributed by atoms with van der Waals surface area (Å²) in [5, 5.41) is 7.27. The predicted molar refractivity (Wildman–Crippen MR) is 128 cm³/mol. The highest BCUT2D eigenvalue weighted by molar-refractivity contribution is 7.71. The number of benzene rings is 1. The summed E-state index contributed by atoms with van der Waals surface area (Å²) in [6.07, 6.45) is 5.37. The molecule has 32 heavy (non-hydrogen) atoms. The van der Waals surface area contributed by atoms with Gasteiger partial charge in [0.15, 0.2) is 10.6 Å². The van der Waals surface area contributed by atoms with Crippen LogP contribution in [0.4, 0.5) is 0 Å². The number of carbonyl (C=O) groups excluding carboxylic acids is 1. The monoisotopic (exact) mass is 457 g/mol. The van der Waals surface area contributed by atoms with Gasteiger partial charge < -0.3 is 14.5 Å². The van der Waals surface area contributed by atoms with Crippen molar-refractivity contribution in [1.29, 1.82) is 0 Å². The molecular formula is C24H35N5O2S. The molecule has 8 heteroatoms. The number of likely N-dealkylation sites (tertiary alicyclic amines) is 2. The van der Waals surface area contributed by atoms with Crippen molar-refractivity contribution in [3.8, 4) is 17.1 Å². The Balaban J connectivity index is 1.33. The van der Waals surface area contributed by atoms with Crippen molar-refractivity contribution < 1.29 is 9.53 Å². The van der Waals surface area contributed by atoms with Crippen LogP contribution in [0.15, 0.2) is 24.3 Å². The molecule has 7 nitrogen and oxygen atoms in total. The lowest BCUT2D eigenvalue weighted by molar-refractivity contribution is -0.133. The molecule has 2 saturated heterocycles. The second kappa shape index (κ2) is 10.6. The van der Waals surface area contributed by atoms with Gasteiger partial charge in [0.2, 0.25) is 5.91 Å². The van der Waals surface area contributed by atoms with Crippen molar-refractivity contribution in [1.82, 2.24) is 24.6 Å². The number of H-pyrrole nitrogens is 1. The molecule has 0 bridgehead atoms. The number of methoxy groups -OCH3 is 1. The summed E-state index contributed by atoms with van der Waals surface area (Å²) in [5.74, 6) is 3.20. The summed E-state index contributed by atoms with van der Waals surface area (Å²) in [6.45, 7) is 8.18. The molecule has 0 radical (unpaired) electrons. The lowest BCUT2D eigenvalue weighted by Crippen LogP contribution is -2.45. The first-order valence-electron chi connectivity index (χ1n) is 11.8. The van der Waals surface area contributed by atoms with E-state index in [1.165, 1.54) is 32.4 Å². The van der Waals surface area contributed by atoms with Gasteiger partial charge in [-0.1, -0.05) is 6.92 Å². The number of nitrogens with one attached hydrogen (secondary N) is 1. The zero-order chi connectivity index (χ0) is 22.5. The van der Waals surface area contributed by atoms with Gasteiger partial charge in [-0.15, -0.1) is 0 Å². The van der Waals surface area contributed by atoms with Crippen LogP contribution in [0.25, 0.3) is 11.4 Å². The molecule has 2 aliphatic heterocycles. The average molecular weight is 458 g/mol. The van der Waals surface area contributed by atoms with Crippen LogP contribution in [-0.2, 0) is 11.3 Å². The fourth-order valence-electron chi connectivity index (χ4n) is 4.90. The van der Waals surface area contributed by atoms with Gasteiger partial charge in [-0.3, -0.25) is 14.5 Å². The summed E-state index contributed by atoms with van der Waals surface area (Å²) in [7, 11) is 1.65. The molecule has 1 atom stereocenters. The minimum absolute atomic E-state index is 0.214. The Morgan fingerprint density at radius 1 is 1.19 bits per heavy atom. The average Bonchev–Trinajstić information content (AvgIpc) is 3.19. The zero-order valence-electron chi connectivity index (χ0n) is 19.3. The molecule has 0 saturated carbocycles. The molecule has 1 aromatic heterocycles. The van der Waals surface area contributed by atoms with Gasteiger partial charge in [-0.2, -0.15) is 5.10 Å². The quantitative estimate of drug-likeness (QED) is 0.637. The number of hydrogen-bond acceptors (Lipinski definition) is 5. The number of aromatic amines is 1. The SMILES string of the molecule is COc1ccc(-c2n[nH]c(=S)n2CCC(=O)N2CCCC(CN3CCC(C)CC3)C2)cc1. The fraction of sp³-hybridized carbons (Fsp3) is 0.625. The normalized spacial score (nSPS) is 20.4. The highest BCUT2D eigenvalue weighted by Gasteiger charge is 2.26. The second-order valence-electron chi connectivity index (χ2n) is 9.31. The first kappa shape index (κ1) is 23.0. The third kappa shape index (κ3) is 5.59. The van der Waals surface area contributed by atoms with Crippen molar-refractivity contribution in [3.05, 3.63) is 29.0 Å². The van der Waals surface area contributed by atoms with E-state index in [0.717, 1.165) is 49.1 Å². The van der Waals surface area contributed by atoms with Crippen molar-refractivity contribution in [3.63, 3.8) is 0 Å². The molecule has 174 valence electrons. The Morgan fingerprint density at radius 3 is 2.66 bits per heavy atom. The van der Waals surface area contributed by atoms with E-state index in [4.69, 9.17) is 17.0 Å². The van der Waals surface area contributed by atoms with Crippen LogP contribution in [-0.4, -0.2) is 70.3 Å². The molecule has 2 fully saturated rings. The maximum atomic E-state index is 13.0. The highest BCUT2D eigenvalue weighted by atomic mass is 32.1. The Hall–Kier alpha value is -2.19. The summed E-state index contributed by atoms with van der Waals surface area (Å²) in [6, 6.07) is 7.72. The van der Waals surface area contributed by atoms with Crippen LogP contribution in [0.5, 0.6) is 5.75 Å². The number of piperidine rings is 2. The topological polar surface area (TPSA) is 66.4 Å². The number of nitrogens with zero attached hydrogens (tertiary/aromatic N) is 4. The zero-order valence-corrected chi connectivity index (χ0v) is 20.1. The van der Waals surface area contributed by atoms with E-state index in [-0.39, 0.29) is 5.91 Å². The van der Waals surface area contributed by atoms with Crippen molar-refractivity contribution in [2.75, 3.05) is 39.8 Å². The van der Waals surface area contributed by atoms with Crippen LogP contribution in [0, 0.1) is 16.6 Å². The van der Waals surface area contributed by atoms with Crippen LogP contribution in [0.3, 0.4) is 0 Å². The molecule has 1 unspecified atom stereocenters. The highest BCUT2D eigenvalue weighted by Crippen LogP contribution is 2.24. The maximum Gasteiger partial charge on any atom is 0.224 e. The summed E-state index contributed by atoms with van der Waals surface area (Å²) in [4.78, 5) is 17.7. The molecule has 1 aromatic carbocycles. The van der Waals surface area contributed by atoms with Crippen molar-refractivity contribution in [2.24, 2.45) is 11.8 Å². The summed E-state index contributed by atoms with van der Waals surface area (Å²) >= 11 is 5.44. The molecule has 1 amide bonds. The number of ether oxygens (including phenoxy) is 1. The molecule has 1 N–H and O–H groups in total. The standard InChI is InChI=1S/C24H35N5O2S/c1-18-9-13-27(14-10-18)16-19-4-3-12-28(17-19)22(30)11-15-29-23(25-26-24(29)32)20-5-7-21(31-2)8-6-20/h5-8,18-19H,3-4,9-17H2,1-2H3,(H,26,32). The van der Waals surface area contributed by atoms with Gasteiger partial charge in [0.05, 0.1) is 7.11 Å². The third-order valence-electron chi connectivity index (χ3n) is 6.92. The molecular weight excluding hydrogens is 422 g/mol. The van der Waals surface area contributed by atoms with Crippen LogP contribution in [0.1, 0.15) is 39.0 Å². The molecule has 3 heterocycles. The van der Waals surface area contributed by atoms with E-state index in [0.29, 0.717) is 23.7 Å². The Kier molecular flexibility index (Phi) is 7.63. The summed E-state index contributed by atoms with van der Waals surface area (Å²) in [5.41, 5.74) is 0.944. The fourth-order valence-corrected chi connectivity index (χ4v) is 5.12. The van der Waals surface area contributed by atoms with Crippen LogP contribution < -0.4 is 4.74 Å². The number of amides is 1. The number of hydrogen-bond donors (Lipinski definition) is 1. The molecule has 2 aliphatic rings.